The summed E-state index contributed by atoms with van der Waals surface area (Å²) in [7, 11) is 0. The second-order valence-corrected chi connectivity index (χ2v) is 15.7. The third-order valence-electron chi connectivity index (χ3n) is 10.1. The van der Waals surface area contributed by atoms with Crippen molar-refractivity contribution in [1.82, 2.24) is 0 Å². The lowest BCUT2D eigenvalue weighted by Gasteiger charge is -2.50. The number of aliphatic hydroxyl groups is 1. The van der Waals surface area contributed by atoms with E-state index < -0.39 is 28.5 Å². The van der Waals surface area contributed by atoms with E-state index in [1.54, 1.807) is 6.07 Å². The van der Waals surface area contributed by atoms with Gasteiger partial charge in [0.2, 0.25) is 0 Å². The highest BCUT2D eigenvalue weighted by molar-refractivity contribution is 8.00. The molecule has 6 aromatic rings. The summed E-state index contributed by atoms with van der Waals surface area (Å²) >= 11 is 1.30. The predicted octanol–water partition coefficient (Wildman–Crippen LogP) is 9.62. The minimum Gasteiger partial charge on any atom is -0.488 e. The molecule has 0 aliphatic carbocycles. The average Bonchev–Trinajstić information content (AvgIpc) is 3.26. The quantitative estimate of drug-likeness (QED) is 0.0865. The molecule has 7 rings (SSSR count). The monoisotopic (exact) mass is 780 g/mol. The number of aldehydes is 1. The Kier molecular flexibility index (Phi) is 14.0. The lowest BCUT2D eigenvalue weighted by atomic mass is 9.91. The van der Waals surface area contributed by atoms with Gasteiger partial charge in [-0.05, 0) is 52.4 Å². The lowest BCUT2D eigenvalue weighted by Crippen LogP contribution is -2.61. The maximum atomic E-state index is 13.6. The van der Waals surface area contributed by atoms with E-state index in [1.165, 1.54) is 11.8 Å². The van der Waals surface area contributed by atoms with Crippen LogP contribution in [0.5, 0.6) is 5.75 Å². The van der Waals surface area contributed by atoms with E-state index in [4.69, 9.17) is 23.7 Å². The Labute approximate surface area is 339 Å². The molecule has 8 heteroatoms. The highest BCUT2D eigenvalue weighted by Crippen LogP contribution is 2.53. The number of benzene rings is 6. The molecule has 1 N–H and O–H groups in total. The van der Waals surface area contributed by atoms with E-state index in [2.05, 4.69) is 0 Å². The minimum atomic E-state index is -1.80. The van der Waals surface area contributed by atoms with E-state index in [-0.39, 0.29) is 26.4 Å². The number of rotatable bonds is 18. The first kappa shape index (κ1) is 40.1. The van der Waals surface area contributed by atoms with E-state index in [1.807, 2.05) is 165 Å². The fraction of sp³-hybridized carbons (Fsp3) is 0.245. The van der Waals surface area contributed by atoms with E-state index in [9.17, 15) is 9.90 Å². The largest absolute Gasteiger partial charge is 0.488 e. The zero-order valence-electron chi connectivity index (χ0n) is 32.0. The molecule has 7 nitrogen and oxygen atoms in total. The molecule has 5 atom stereocenters. The van der Waals surface area contributed by atoms with Crippen LogP contribution in [-0.4, -0.2) is 41.6 Å². The molecular weight excluding hydrogens is 733 g/mol. The molecule has 0 saturated carbocycles. The van der Waals surface area contributed by atoms with E-state index in [0.717, 1.165) is 39.7 Å². The Morgan fingerprint density at radius 3 is 1.51 bits per heavy atom. The van der Waals surface area contributed by atoms with Crippen LogP contribution in [0.1, 0.15) is 49.3 Å². The Balaban J connectivity index is 1.33. The van der Waals surface area contributed by atoms with Crippen LogP contribution in [0, 0.1) is 6.92 Å². The molecule has 57 heavy (non-hydrogen) atoms. The Bertz CT molecular complexity index is 2120. The normalized spacial score (nSPS) is 20.5. The zero-order valence-corrected chi connectivity index (χ0v) is 32.8. The summed E-state index contributed by atoms with van der Waals surface area (Å²) in [5.41, 5.74) is 6.47. The maximum absolute atomic E-state index is 13.6. The van der Waals surface area contributed by atoms with Gasteiger partial charge in [-0.1, -0.05) is 152 Å². The molecule has 0 spiro atoms. The molecule has 0 unspecified atom stereocenters. The molecule has 0 aromatic heterocycles. The van der Waals surface area contributed by atoms with Crippen LogP contribution in [0.3, 0.4) is 0 Å². The molecule has 1 aliphatic heterocycles. The van der Waals surface area contributed by atoms with Gasteiger partial charge in [-0.25, -0.2) is 0 Å². The summed E-state index contributed by atoms with van der Waals surface area (Å²) in [5, 5.41) is 13.1. The molecule has 1 heterocycles. The van der Waals surface area contributed by atoms with Crippen molar-refractivity contribution in [1.29, 1.82) is 0 Å². The molecular formula is C49H48O7S. The Hall–Kier alpha value is -5.06. The number of carbonyl (C=O) groups is 1. The summed E-state index contributed by atoms with van der Waals surface area (Å²) in [6.07, 6.45) is -1.59. The van der Waals surface area contributed by atoms with Gasteiger partial charge in [0.15, 0.2) is 4.93 Å². The second-order valence-electron chi connectivity index (χ2n) is 14.2. The number of hydrogen-bond donors (Lipinski definition) is 1. The fourth-order valence-corrected chi connectivity index (χ4v) is 8.65. The van der Waals surface area contributed by atoms with Gasteiger partial charge in [0.25, 0.3) is 0 Å². The third kappa shape index (κ3) is 10.5. The molecule has 1 aliphatic rings. The van der Waals surface area contributed by atoms with E-state index >= 15 is 0 Å². The molecule has 0 bridgehead atoms. The molecule has 0 amide bonds. The van der Waals surface area contributed by atoms with Crippen molar-refractivity contribution < 1.29 is 33.6 Å². The highest BCUT2D eigenvalue weighted by atomic mass is 32.2. The Morgan fingerprint density at radius 1 is 0.579 bits per heavy atom. The van der Waals surface area contributed by atoms with Gasteiger partial charge >= 0.3 is 0 Å². The SMILES string of the molecule is Cc1cc(OCc2ccccc2)c([C@]2(O)S[C@@H](COCc3ccccc3)[C@@H](OCc3ccccc3)[C@H](OCc3ccccc3)[C@H]2OCc2ccccc2)cc1C=O. The van der Waals surface area contributed by atoms with Gasteiger partial charge in [0, 0.05) is 11.1 Å². The predicted molar refractivity (Wildman–Crippen MR) is 224 cm³/mol. The van der Waals surface area contributed by atoms with Crippen LogP contribution in [-0.2, 0) is 56.9 Å². The van der Waals surface area contributed by atoms with Crippen LogP contribution >= 0.6 is 11.8 Å². The Morgan fingerprint density at radius 2 is 1.02 bits per heavy atom. The van der Waals surface area contributed by atoms with Crippen molar-refractivity contribution >= 4 is 18.0 Å². The van der Waals surface area contributed by atoms with Crippen molar-refractivity contribution in [3.05, 3.63) is 208 Å². The van der Waals surface area contributed by atoms with Gasteiger partial charge in [0.1, 0.15) is 37.0 Å². The number of carbonyl (C=O) groups excluding carboxylic acids is 1. The van der Waals surface area contributed by atoms with Crippen LogP contribution in [0.15, 0.2) is 164 Å². The van der Waals surface area contributed by atoms with Gasteiger partial charge < -0.3 is 28.8 Å². The van der Waals surface area contributed by atoms with Crippen LogP contribution < -0.4 is 4.74 Å². The molecule has 1 fully saturated rings. The molecule has 6 aromatic carbocycles. The summed E-state index contributed by atoms with van der Waals surface area (Å²) in [5.74, 6) is 0.444. The van der Waals surface area contributed by atoms with Crippen molar-refractivity contribution in [2.75, 3.05) is 6.61 Å². The topological polar surface area (TPSA) is 83.5 Å². The number of hydrogen-bond acceptors (Lipinski definition) is 8. The minimum absolute atomic E-state index is 0.187. The molecule has 1 saturated heterocycles. The summed E-state index contributed by atoms with van der Waals surface area (Å²) in [6.45, 7) is 3.45. The summed E-state index contributed by atoms with van der Waals surface area (Å²) in [6, 6.07) is 53.2. The fourth-order valence-electron chi connectivity index (χ4n) is 7.03. The highest BCUT2D eigenvalue weighted by Gasteiger charge is 2.57. The van der Waals surface area contributed by atoms with Gasteiger partial charge in [0.05, 0.1) is 38.3 Å². The third-order valence-corrected chi connectivity index (χ3v) is 11.6. The van der Waals surface area contributed by atoms with Gasteiger partial charge in [-0.3, -0.25) is 4.79 Å². The van der Waals surface area contributed by atoms with E-state index in [0.29, 0.717) is 30.1 Å². The standard InChI is InChI=1S/C49H48O7S/c1-36-27-44(53-31-38-19-9-3-10-20-38)43(28-42(36)29-50)49(51)48(56-34-41-25-15-6-16-26-41)47(55-33-40-23-13-5-14-24-40)46(54-32-39-21-11-4-12-22-39)45(57-49)35-52-30-37-17-7-2-8-18-37/h2-29,45-48,51H,30-35H2,1H3/t45-,46+,47-,48+,49-/m0/s1. The van der Waals surface area contributed by atoms with Crippen molar-refractivity contribution in [2.24, 2.45) is 0 Å². The molecule has 292 valence electrons. The first-order chi connectivity index (χ1) is 28.0. The van der Waals surface area contributed by atoms with Crippen LogP contribution in [0.2, 0.25) is 0 Å². The van der Waals surface area contributed by atoms with Crippen LogP contribution in [0.4, 0.5) is 0 Å². The molecule has 0 radical (unpaired) electrons. The first-order valence-electron chi connectivity index (χ1n) is 19.3. The number of ether oxygens (including phenoxy) is 5. The van der Waals surface area contributed by atoms with Crippen molar-refractivity contribution in [3.8, 4) is 5.75 Å². The maximum Gasteiger partial charge on any atom is 0.168 e. The first-order valence-corrected chi connectivity index (χ1v) is 20.1. The van der Waals surface area contributed by atoms with Crippen molar-refractivity contribution in [3.63, 3.8) is 0 Å². The van der Waals surface area contributed by atoms with Gasteiger partial charge in [-0.2, -0.15) is 0 Å². The summed E-state index contributed by atoms with van der Waals surface area (Å²) in [4.78, 5) is 10.8. The smallest absolute Gasteiger partial charge is 0.168 e. The van der Waals surface area contributed by atoms with Gasteiger partial charge in [-0.15, -0.1) is 11.8 Å². The average molecular weight is 781 g/mol. The van der Waals surface area contributed by atoms with Crippen LogP contribution in [0.25, 0.3) is 0 Å². The second kappa shape index (κ2) is 19.9. The summed E-state index contributed by atoms with van der Waals surface area (Å²) < 4.78 is 33.7. The lowest BCUT2D eigenvalue weighted by molar-refractivity contribution is -0.199. The zero-order chi connectivity index (χ0) is 39.3. The number of thioether (sulfide) groups is 1. The van der Waals surface area contributed by atoms with Crippen molar-refractivity contribution in [2.45, 2.75) is 68.5 Å². The number of aryl methyl sites for hydroxylation is 1.